The van der Waals surface area contributed by atoms with Gasteiger partial charge in [0.2, 0.25) is 5.91 Å². The molecule has 0 saturated carbocycles. The first-order valence-electron chi connectivity index (χ1n) is 10.4. The highest BCUT2D eigenvalue weighted by atomic mass is 16.2. The normalized spacial score (nSPS) is 15.1. The van der Waals surface area contributed by atoms with E-state index in [4.69, 9.17) is 0 Å². The first-order chi connectivity index (χ1) is 13.7. The lowest BCUT2D eigenvalue weighted by Crippen LogP contribution is -2.35. The van der Waals surface area contributed by atoms with Crippen LogP contribution in [-0.2, 0) is 16.9 Å². The highest BCUT2D eigenvalue weighted by Gasteiger charge is 2.24. The Morgan fingerprint density at radius 2 is 1.97 bits per heavy atom. The summed E-state index contributed by atoms with van der Waals surface area (Å²) >= 11 is 0. The second-order valence-electron chi connectivity index (χ2n) is 9.05. The van der Waals surface area contributed by atoms with E-state index in [1.165, 1.54) is 0 Å². The summed E-state index contributed by atoms with van der Waals surface area (Å²) in [4.78, 5) is 26.7. The zero-order valence-corrected chi connectivity index (χ0v) is 18.2. The Morgan fingerprint density at radius 3 is 2.59 bits per heavy atom. The summed E-state index contributed by atoms with van der Waals surface area (Å²) in [6.45, 7) is 11.6. The summed E-state index contributed by atoms with van der Waals surface area (Å²) in [5.41, 5.74) is 3.17. The van der Waals surface area contributed by atoms with Crippen LogP contribution in [0.4, 0.5) is 5.69 Å². The van der Waals surface area contributed by atoms with Crippen molar-refractivity contribution in [2.45, 2.75) is 71.9 Å². The van der Waals surface area contributed by atoms with Gasteiger partial charge in [-0.1, -0.05) is 26.0 Å². The molecule has 0 atom stereocenters. The Kier molecular flexibility index (Phi) is 6.10. The molecule has 1 fully saturated rings. The summed E-state index contributed by atoms with van der Waals surface area (Å²) in [5.74, 6) is 0.266. The van der Waals surface area contributed by atoms with E-state index >= 15 is 0 Å². The topological polar surface area (TPSA) is 67.2 Å². The predicted molar refractivity (Wildman–Crippen MR) is 115 cm³/mol. The molecule has 6 heteroatoms. The van der Waals surface area contributed by atoms with Gasteiger partial charge in [0.1, 0.15) is 5.69 Å². The number of piperidine rings is 1. The molecule has 0 aliphatic carbocycles. The lowest BCUT2D eigenvalue weighted by Gasteiger charge is -2.27. The van der Waals surface area contributed by atoms with Crippen LogP contribution in [0, 0.1) is 0 Å². The van der Waals surface area contributed by atoms with Crippen molar-refractivity contribution >= 4 is 17.5 Å². The summed E-state index contributed by atoms with van der Waals surface area (Å²) in [5, 5.41) is 7.54. The van der Waals surface area contributed by atoms with Gasteiger partial charge in [0.15, 0.2) is 0 Å². The maximum absolute atomic E-state index is 12.7. The number of carbonyl (C=O) groups is 2. The van der Waals surface area contributed by atoms with E-state index in [-0.39, 0.29) is 23.3 Å². The molecule has 1 aromatic heterocycles. The van der Waals surface area contributed by atoms with Crippen LogP contribution >= 0.6 is 0 Å². The maximum atomic E-state index is 12.7. The molecule has 2 amide bonds. The Labute approximate surface area is 173 Å². The van der Waals surface area contributed by atoms with Gasteiger partial charge >= 0.3 is 0 Å². The zero-order valence-electron chi connectivity index (χ0n) is 18.2. The van der Waals surface area contributed by atoms with Gasteiger partial charge in [-0.3, -0.25) is 14.3 Å². The molecule has 1 aliphatic heterocycles. The molecule has 2 aromatic rings. The molecule has 0 radical (unpaired) electrons. The quantitative estimate of drug-likeness (QED) is 0.823. The average Bonchev–Trinajstić information content (AvgIpc) is 3.13. The number of nitrogens with zero attached hydrogens (tertiary/aromatic N) is 3. The van der Waals surface area contributed by atoms with E-state index in [0.717, 1.165) is 36.3 Å². The number of carbonyl (C=O) groups excluding carboxylic acids is 2. The van der Waals surface area contributed by atoms with Crippen molar-refractivity contribution < 1.29 is 9.59 Å². The molecule has 1 N–H and O–H groups in total. The summed E-state index contributed by atoms with van der Waals surface area (Å²) in [7, 11) is 0. The highest BCUT2D eigenvalue weighted by molar-refractivity contribution is 5.94. The fourth-order valence-corrected chi connectivity index (χ4v) is 3.64. The molecule has 1 aromatic carbocycles. The van der Waals surface area contributed by atoms with Crippen LogP contribution in [-0.4, -0.2) is 28.1 Å². The third kappa shape index (κ3) is 4.86. The van der Waals surface area contributed by atoms with Gasteiger partial charge in [0, 0.05) is 30.9 Å². The van der Waals surface area contributed by atoms with Crippen LogP contribution in [0.5, 0.6) is 0 Å². The fraction of sp³-hybridized carbons (Fsp3) is 0.522. The van der Waals surface area contributed by atoms with Crippen LogP contribution in [0.25, 0.3) is 0 Å². The molecule has 156 valence electrons. The van der Waals surface area contributed by atoms with Crippen molar-refractivity contribution in [3.63, 3.8) is 0 Å². The van der Waals surface area contributed by atoms with E-state index in [1.54, 1.807) is 0 Å². The van der Waals surface area contributed by atoms with Crippen molar-refractivity contribution in [2.75, 3.05) is 11.4 Å². The minimum Gasteiger partial charge on any atom is -0.347 e. The fourth-order valence-electron chi connectivity index (χ4n) is 3.64. The standard InChI is InChI=1S/C23H32N4O2/c1-16(2)20-14-19(25-27(20)23(3,4)5)22(29)24-15-17-9-8-10-18(13-17)26-12-7-6-11-21(26)28/h8-10,13-14,16H,6-7,11-12,15H2,1-5H3,(H,24,29). The number of aromatic nitrogens is 2. The second kappa shape index (κ2) is 8.39. The lowest BCUT2D eigenvalue weighted by molar-refractivity contribution is -0.119. The molecular weight excluding hydrogens is 364 g/mol. The Morgan fingerprint density at radius 1 is 1.21 bits per heavy atom. The summed E-state index contributed by atoms with van der Waals surface area (Å²) in [6, 6.07) is 9.72. The van der Waals surface area contributed by atoms with Gasteiger partial charge < -0.3 is 10.2 Å². The SMILES string of the molecule is CC(C)c1cc(C(=O)NCc2cccc(N3CCCCC3=O)c2)nn1C(C)(C)C. The number of amides is 2. The summed E-state index contributed by atoms with van der Waals surface area (Å²) in [6.07, 6.45) is 2.60. The van der Waals surface area contributed by atoms with Gasteiger partial charge in [-0.25, -0.2) is 0 Å². The molecule has 0 unspecified atom stereocenters. The monoisotopic (exact) mass is 396 g/mol. The molecule has 29 heavy (non-hydrogen) atoms. The Balaban J connectivity index is 1.71. The van der Waals surface area contributed by atoms with Gasteiger partial charge in [0.05, 0.1) is 5.54 Å². The van der Waals surface area contributed by atoms with Crippen LogP contribution in [0.1, 0.15) is 81.5 Å². The van der Waals surface area contributed by atoms with E-state index in [2.05, 4.69) is 45.0 Å². The molecule has 0 bridgehead atoms. The van der Waals surface area contributed by atoms with Crippen molar-refractivity contribution in [3.05, 3.63) is 47.3 Å². The minimum absolute atomic E-state index is 0.173. The van der Waals surface area contributed by atoms with Gasteiger partial charge in [-0.15, -0.1) is 0 Å². The van der Waals surface area contributed by atoms with E-state index in [9.17, 15) is 9.59 Å². The Bertz CT molecular complexity index is 893. The number of hydrogen-bond acceptors (Lipinski definition) is 3. The highest BCUT2D eigenvalue weighted by Crippen LogP contribution is 2.24. The van der Waals surface area contributed by atoms with Crippen molar-refractivity contribution in [2.24, 2.45) is 0 Å². The molecular formula is C23H32N4O2. The summed E-state index contributed by atoms with van der Waals surface area (Å²) < 4.78 is 1.94. The lowest BCUT2D eigenvalue weighted by atomic mass is 10.1. The number of hydrogen-bond donors (Lipinski definition) is 1. The van der Waals surface area contributed by atoms with Crippen molar-refractivity contribution in [1.29, 1.82) is 0 Å². The van der Waals surface area contributed by atoms with E-state index in [0.29, 0.717) is 18.7 Å². The van der Waals surface area contributed by atoms with Crippen LogP contribution in [0.2, 0.25) is 0 Å². The molecule has 3 rings (SSSR count). The first-order valence-corrected chi connectivity index (χ1v) is 10.4. The van der Waals surface area contributed by atoms with Gasteiger partial charge in [-0.05, 0) is 63.3 Å². The van der Waals surface area contributed by atoms with Crippen LogP contribution in [0.15, 0.2) is 30.3 Å². The number of rotatable bonds is 5. The van der Waals surface area contributed by atoms with E-state index in [1.807, 2.05) is 39.9 Å². The van der Waals surface area contributed by atoms with Crippen molar-refractivity contribution in [3.8, 4) is 0 Å². The largest absolute Gasteiger partial charge is 0.347 e. The first kappa shape index (κ1) is 21.1. The van der Waals surface area contributed by atoms with Crippen molar-refractivity contribution in [1.82, 2.24) is 15.1 Å². The van der Waals surface area contributed by atoms with Crippen LogP contribution in [0.3, 0.4) is 0 Å². The minimum atomic E-state index is -0.187. The van der Waals surface area contributed by atoms with Crippen LogP contribution < -0.4 is 10.2 Å². The molecule has 1 saturated heterocycles. The zero-order chi connectivity index (χ0) is 21.2. The third-order valence-electron chi connectivity index (χ3n) is 5.20. The number of anilines is 1. The third-order valence-corrected chi connectivity index (χ3v) is 5.20. The molecule has 6 nitrogen and oxygen atoms in total. The number of benzene rings is 1. The predicted octanol–water partition coefficient (Wildman–Crippen LogP) is 4.21. The molecule has 1 aliphatic rings. The van der Waals surface area contributed by atoms with Gasteiger partial charge in [0.25, 0.3) is 5.91 Å². The Hall–Kier alpha value is -2.63. The number of nitrogens with one attached hydrogen (secondary N) is 1. The van der Waals surface area contributed by atoms with E-state index < -0.39 is 0 Å². The maximum Gasteiger partial charge on any atom is 0.272 e. The smallest absolute Gasteiger partial charge is 0.272 e. The average molecular weight is 397 g/mol. The molecule has 2 heterocycles. The van der Waals surface area contributed by atoms with Gasteiger partial charge in [-0.2, -0.15) is 5.10 Å². The molecule has 0 spiro atoms. The second-order valence-corrected chi connectivity index (χ2v) is 9.05.